The fourth-order valence-corrected chi connectivity index (χ4v) is 6.74. The molecular formula is C44H45N5O9S. The zero-order chi connectivity index (χ0) is 42.3. The van der Waals surface area contributed by atoms with Crippen LogP contribution < -0.4 is 39.6 Å². The summed E-state index contributed by atoms with van der Waals surface area (Å²) in [5.74, 6) is 1.48. The van der Waals surface area contributed by atoms with E-state index in [9.17, 15) is 18.0 Å². The minimum Gasteiger partial charge on any atom is -0.496 e. The Labute approximate surface area is 342 Å². The quantitative estimate of drug-likeness (QED) is 0.0771. The van der Waals surface area contributed by atoms with Gasteiger partial charge in [0.1, 0.15) is 41.0 Å². The minimum atomic E-state index is -3.65. The molecular weight excluding hydrogens is 775 g/mol. The molecule has 1 aromatic heterocycles. The number of sulfonamides is 1. The van der Waals surface area contributed by atoms with Crippen LogP contribution in [0.1, 0.15) is 42.3 Å². The van der Waals surface area contributed by atoms with Crippen molar-refractivity contribution in [3.05, 3.63) is 126 Å². The third kappa shape index (κ3) is 10.3. The molecule has 6 aromatic rings. The Kier molecular flexibility index (Phi) is 12.5. The first-order valence-corrected chi connectivity index (χ1v) is 20.2. The molecule has 0 bridgehead atoms. The Morgan fingerprint density at radius 2 is 1.36 bits per heavy atom. The number of hydrogen-bond donors (Lipinski definition) is 4. The lowest BCUT2D eigenvalue weighted by atomic mass is 9.86. The molecule has 15 heteroatoms. The second-order valence-corrected chi connectivity index (χ2v) is 16.1. The molecule has 0 saturated carbocycles. The van der Waals surface area contributed by atoms with Crippen molar-refractivity contribution in [2.45, 2.75) is 32.8 Å². The molecule has 4 N–H and O–H groups in total. The molecule has 1 heterocycles. The lowest BCUT2D eigenvalue weighted by Gasteiger charge is -2.24. The number of amides is 2. The molecule has 2 amide bonds. The van der Waals surface area contributed by atoms with Crippen LogP contribution in [0.3, 0.4) is 0 Å². The van der Waals surface area contributed by atoms with Gasteiger partial charge in [0.2, 0.25) is 10.0 Å². The fourth-order valence-electron chi connectivity index (χ4n) is 6.19. The molecule has 0 saturated heterocycles. The third-order valence-electron chi connectivity index (χ3n) is 8.99. The molecule has 6 rings (SSSR count). The highest BCUT2D eigenvalue weighted by Gasteiger charge is 2.24. The maximum absolute atomic E-state index is 13.5. The largest absolute Gasteiger partial charge is 0.496 e. The molecule has 0 spiro atoms. The van der Waals surface area contributed by atoms with Gasteiger partial charge in [0.25, 0.3) is 0 Å². The van der Waals surface area contributed by atoms with Gasteiger partial charge in [-0.2, -0.15) is 0 Å². The Bertz CT molecular complexity index is 2590. The summed E-state index contributed by atoms with van der Waals surface area (Å²) in [4.78, 5) is 31.1. The summed E-state index contributed by atoms with van der Waals surface area (Å²) in [7, 11) is 0.657. The Hall–Kier alpha value is -7.00. The molecule has 0 aliphatic rings. The number of methoxy groups -OCH3 is 3. The van der Waals surface area contributed by atoms with Gasteiger partial charge in [-0.25, -0.2) is 23.0 Å². The number of urea groups is 1. The van der Waals surface area contributed by atoms with Gasteiger partial charge >= 0.3 is 12.0 Å². The van der Waals surface area contributed by atoms with Crippen LogP contribution in [-0.2, 0) is 26.8 Å². The summed E-state index contributed by atoms with van der Waals surface area (Å²) in [5, 5.41) is 10.4. The average molecular weight is 820 g/mol. The van der Waals surface area contributed by atoms with E-state index < -0.39 is 22.0 Å². The van der Waals surface area contributed by atoms with Crippen LogP contribution in [0.25, 0.3) is 10.8 Å². The van der Waals surface area contributed by atoms with Crippen molar-refractivity contribution in [3.8, 4) is 28.7 Å². The van der Waals surface area contributed by atoms with Gasteiger partial charge in [0, 0.05) is 40.9 Å². The number of fused-ring (bicyclic) bond motifs is 1. The van der Waals surface area contributed by atoms with Crippen molar-refractivity contribution >= 4 is 61.4 Å². The van der Waals surface area contributed by atoms with Crippen LogP contribution >= 0.6 is 0 Å². The fraction of sp³-hybridized carbons (Fsp3) is 0.205. The number of ether oxygens (including phenoxy) is 5. The molecule has 5 aromatic carbocycles. The van der Waals surface area contributed by atoms with E-state index in [0.717, 1.165) is 17.4 Å². The van der Waals surface area contributed by atoms with Crippen LogP contribution in [-0.4, -0.2) is 53.0 Å². The Morgan fingerprint density at radius 1 is 0.712 bits per heavy atom. The number of nitrogens with one attached hydrogen (secondary N) is 4. The summed E-state index contributed by atoms with van der Waals surface area (Å²) in [6.07, 6.45) is 2.63. The maximum atomic E-state index is 13.5. The zero-order valence-corrected chi connectivity index (χ0v) is 34.4. The predicted octanol–water partition coefficient (Wildman–Crippen LogP) is 9.47. The second-order valence-electron chi connectivity index (χ2n) is 14.4. The Balaban J connectivity index is 1.20. The number of carbonyl (C=O) groups is 2. The number of anilines is 5. The maximum Gasteiger partial charge on any atom is 0.346 e. The van der Waals surface area contributed by atoms with E-state index in [0.29, 0.717) is 39.5 Å². The van der Waals surface area contributed by atoms with E-state index >= 15 is 0 Å². The predicted molar refractivity (Wildman–Crippen MR) is 229 cm³/mol. The van der Waals surface area contributed by atoms with Crippen LogP contribution in [0.5, 0.6) is 28.7 Å². The van der Waals surface area contributed by atoms with E-state index in [1.165, 1.54) is 21.3 Å². The number of esters is 1. The summed E-state index contributed by atoms with van der Waals surface area (Å²) >= 11 is 0. The first-order valence-electron chi connectivity index (χ1n) is 18.3. The number of nitrogens with zero attached hydrogens (tertiary/aromatic N) is 1. The van der Waals surface area contributed by atoms with Gasteiger partial charge in [-0.1, -0.05) is 75.4 Å². The molecule has 0 radical (unpaired) electrons. The van der Waals surface area contributed by atoms with Crippen LogP contribution in [0.4, 0.5) is 33.4 Å². The van der Waals surface area contributed by atoms with Crippen LogP contribution in [0.2, 0.25) is 0 Å². The lowest BCUT2D eigenvalue weighted by Crippen LogP contribution is -2.22. The third-order valence-corrected chi connectivity index (χ3v) is 9.58. The van der Waals surface area contributed by atoms with Crippen molar-refractivity contribution < 1.29 is 41.7 Å². The van der Waals surface area contributed by atoms with Crippen molar-refractivity contribution in [1.82, 2.24) is 4.98 Å². The van der Waals surface area contributed by atoms with Crippen molar-refractivity contribution in [2.75, 3.05) is 48.3 Å². The van der Waals surface area contributed by atoms with Gasteiger partial charge in [-0.3, -0.25) is 4.72 Å². The highest BCUT2D eigenvalue weighted by atomic mass is 32.2. The number of carbonyl (C=O) groups excluding carboxylic acids is 2. The molecule has 0 unspecified atom stereocenters. The number of benzene rings is 5. The van der Waals surface area contributed by atoms with E-state index in [1.807, 2.05) is 75.4 Å². The summed E-state index contributed by atoms with van der Waals surface area (Å²) in [5.41, 5.74) is 2.90. The SMILES string of the molecule is COc1cc(Nc2cc(Oc3ccc(NC(=O)Nc4cc(C(C)(C)C)cc(NS(C)(=O)=O)c4OC)c4ccccc34)ccn2)cc(OC)c1C(=O)OCc1ccccc1. The van der Waals surface area contributed by atoms with E-state index in [1.54, 1.807) is 54.7 Å². The van der Waals surface area contributed by atoms with Gasteiger partial charge in [0.05, 0.1) is 44.6 Å². The van der Waals surface area contributed by atoms with Gasteiger partial charge < -0.3 is 39.6 Å². The average Bonchev–Trinajstić information content (AvgIpc) is 3.20. The summed E-state index contributed by atoms with van der Waals surface area (Å²) in [6, 6.07) is 29.8. The van der Waals surface area contributed by atoms with Gasteiger partial charge in [0.15, 0.2) is 5.75 Å². The first-order chi connectivity index (χ1) is 28.1. The van der Waals surface area contributed by atoms with E-state index in [-0.39, 0.29) is 46.2 Å². The van der Waals surface area contributed by atoms with Crippen LogP contribution in [0, 0.1) is 0 Å². The van der Waals surface area contributed by atoms with Crippen molar-refractivity contribution in [3.63, 3.8) is 0 Å². The van der Waals surface area contributed by atoms with Gasteiger partial charge in [-0.15, -0.1) is 0 Å². The monoisotopic (exact) mass is 819 g/mol. The number of pyridine rings is 1. The molecule has 0 aliphatic heterocycles. The minimum absolute atomic E-state index is 0.0876. The topological polar surface area (TPSA) is 175 Å². The molecule has 306 valence electrons. The zero-order valence-electron chi connectivity index (χ0n) is 33.6. The molecule has 14 nitrogen and oxygen atoms in total. The first kappa shape index (κ1) is 41.6. The lowest BCUT2D eigenvalue weighted by molar-refractivity contribution is 0.0465. The van der Waals surface area contributed by atoms with Crippen molar-refractivity contribution in [2.24, 2.45) is 0 Å². The molecule has 59 heavy (non-hydrogen) atoms. The van der Waals surface area contributed by atoms with Crippen LogP contribution in [0.15, 0.2) is 109 Å². The van der Waals surface area contributed by atoms with Gasteiger partial charge in [-0.05, 0) is 46.9 Å². The van der Waals surface area contributed by atoms with E-state index in [2.05, 4.69) is 25.7 Å². The number of rotatable bonds is 14. The highest BCUT2D eigenvalue weighted by Crippen LogP contribution is 2.40. The summed E-state index contributed by atoms with van der Waals surface area (Å²) in [6.45, 7) is 6.02. The van der Waals surface area contributed by atoms with Crippen molar-refractivity contribution in [1.29, 1.82) is 0 Å². The highest BCUT2D eigenvalue weighted by molar-refractivity contribution is 7.92. The Morgan fingerprint density at radius 3 is 2.00 bits per heavy atom. The normalized spacial score (nSPS) is 11.3. The smallest absolute Gasteiger partial charge is 0.346 e. The molecule has 0 atom stereocenters. The molecule has 0 fully saturated rings. The van der Waals surface area contributed by atoms with E-state index in [4.69, 9.17) is 23.7 Å². The molecule has 0 aliphatic carbocycles. The standard InChI is InChI=1S/C44H45N5O9S/c1-44(2,3)28-21-34(41(56-6)35(22-28)49-59(7,52)53)48-43(51)47-33-17-18-36(32-16-12-11-15-31(32)33)58-30-19-20-45-39(25-30)46-29-23-37(54-4)40(38(24-29)55-5)42(50)57-26-27-13-9-8-10-14-27/h8-25,49H,26H2,1-7H3,(H,45,46)(H2,47,48,51). The number of aromatic nitrogens is 1. The summed E-state index contributed by atoms with van der Waals surface area (Å²) < 4.78 is 55.5. The number of hydrogen-bond acceptors (Lipinski definition) is 11. The second kappa shape index (κ2) is 17.6.